The second kappa shape index (κ2) is 4.04. The molecule has 0 spiro atoms. The number of aryl methyl sites for hydroxylation is 2. The predicted molar refractivity (Wildman–Crippen MR) is 68.9 cm³/mol. The van der Waals surface area contributed by atoms with E-state index in [2.05, 4.69) is 0 Å². The topological polar surface area (TPSA) is 20.2 Å². The fraction of sp³-hybridized carbons (Fsp3) is 0.286. The normalized spacial score (nSPS) is 14.8. The van der Waals surface area contributed by atoms with E-state index in [1.54, 1.807) is 11.3 Å². The predicted octanol–water partition coefficient (Wildman–Crippen LogP) is 3.62. The second-order valence-corrected chi connectivity index (χ2v) is 5.24. The molecule has 0 radical (unpaired) electrons. The molecule has 2 heteroatoms. The second-order valence-electron chi connectivity index (χ2n) is 4.32. The molecule has 2 rings (SSSR count). The first-order valence-electron chi connectivity index (χ1n) is 5.36. The zero-order chi connectivity index (χ0) is 11.8. The number of hydrogen-bond donors (Lipinski definition) is 1. The van der Waals surface area contributed by atoms with E-state index in [1.807, 2.05) is 56.5 Å². The summed E-state index contributed by atoms with van der Waals surface area (Å²) in [5.74, 6) is 0. The van der Waals surface area contributed by atoms with E-state index in [4.69, 9.17) is 0 Å². The van der Waals surface area contributed by atoms with Crippen molar-refractivity contribution >= 4 is 11.3 Å². The lowest BCUT2D eigenvalue weighted by Gasteiger charge is -2.25. The Kier molecular flexibility index (Phi) is 2.87. The summed E-state index contributed by atoms with van der Waals surface area (Å²) < 4.78 is 0. The fourth-order valence-electron chi connectivity index (χ4n) is 2.11. The summed E-state index contributed by atoms with van der Waals surface area (Å²) in [6.45, 7) is 5.94. The molecule has 1 heterocycles. The van der Waals surface area contributed by atoms with Crippen molar-refractivity contribution in [1.82, 2.24) is 0 Å². The lowest BCUT2D eigenvalue weighted by Crippen LogP contribution is -2.23. The molecule has 2 aromatic rings. The molecule has 0 fully saturated rings. The van der Waals surface area contributed by atoms with Crippen molar-refractivity contribution < 1.29 is 5.11 Å². The van der Waals surface area contributed by atoms with Crippen molar-refractivity contribution in [3.8, 4) is 0 Å². The molecule has 0 aliphatic heterocycles. The minimum Gasteiger partial charge on any atom is -0.380 e. The molecule has 1 unspecified atom stereocenters. The Morgan fingerprint density at radius 1 is 1.06 bits per heavy atom. The van der Waals surface area contributed by atoms with E-state index in [0.29, 0.717) is 0 Å². The minimum atomic E-state index is -0.885. The SMILES string of the molecule is Cc1ccccc1C(C)(O)c1sccc1C. The van der Waals surface area contributed by atoms with Gasteiger partial charge >= 0.3 is 0 Å². The van der Waals surface area contributed by atoms with Crippen LogP contribution in [-0.4, -0.2) is 5.11 Å². The van der Waals surface area contributed by atoms with Crippen molar-refractivity contribution in [2.45, 2.75) is 26.4 Å². The summed E-state index contributed by atoms with van der Waals surface area (Å²) in [6.07, 6.45) is 0. The van der Waals surface area contributed by atoms with Gasteiger partial charge in [0.2, 0.25) is 0 Å². The van der Waals surface area contributed by atoms with E-state index < -0.39 is 5.60 Å². The first kappa shape index (κ1) is 11.4. The maximum absolute atomic E-state index is 10.7. The third-order valence-corrected chi connectivity index (χ3v) is 4.20. The highest BCUT2D eigenvalue weighted by Gasteiger charge is 2.29. The summed E-state index contributed by atoms with van der Waals surface area (Å²) in [7, 11) is 0. The van der Waals surface area contributed by atoms with Gasteiger partial charge in [0.25, 0.3) is 0 Å². The van der Waals surface area contributed by atoms with Gasteiger partial charge in [0.1, 0.15) is 5.60 Å². The molecular formula is C14H16OS. The van der Waals surface area contributed by atoms with Crippen LogP contribution in [0.3, 0.4) is 0 Å². The number of thiophene rings is 1. The van der Waals surface area contributed by atoms with E-state index in [0.717, 1.165) is 21.6 Å². The molecule has 1 aromatic heterocycles. The molecule has 16 heavy (non-hydrogen) atoms. The van der Waals surface area contributed by atoms with Crippen molar-refractivity contribution in [3.63, 3.8) is 0 Å². The van der Waals surface area contributed by atoms with E-state index in [-0.39, 0.29) is 0 Å². The monoisotopic (exact) mass is 232 g/mol. The van der Waals surface area contributed by atoms with Crippen LogP contribution in [0.25, 0.3) is 0 Å². The number of benzene rings is 1. The van der Waals surface area contributed by atoms with Gasteiger partial charge in [-0.3, -0.25) is 0 Å². The Morgan fingerprint density at radius 2 is 1.75 bits per heavy atom. The molecule has 0 amide bonds. The molecule has 0 saturated carbocycles. The van der Waals surface area contributed by atoms with Gasteiger partial charge in [-0.25, -0.2) is 0 Å². The number of rotatable bonds is 2. The van der Waals surface area contributed by atoms with Gasteiger partial charge in [-0.05, 0) is 48.9 Å². The third-order valence-electron chi connectivity index (χ3n) is 2.97. The highest BCUT2D eigenvalue weighted by molar-refractivity contribution is 7.10. The van der Waals surface area contributed by atoms with Crippen LogP contribution in [0.4, 0.5) is 0 Å². The van der Waals surface area contributed by atoms with Crippen molar-refractivity contribution in [1.29, 1.82) is 0 Å². The van der Waals surface area contributed by atoms with Gasteiger partial charge in [0, 0.05) is 4.88 Å². The molecule has 84 valence electrons. The Bertz CT molecular complexity index is 497. The van der Waals surface area contributed by atoms with Crippen molar-refractivity contribution in [2.24, 2.45) is 0 Å². The van der Waals surface area contributed by atoms with Gasteiger partial charge in [-0.1, -0.05) is 24.3 Å². The molecular weight excluding hydrogens is 216 g/mol. The molecule has 1 N–H and O–H groups in total. The smallest absolute Gasteiger partial charge is 0.121 e. The van der Waals surface area contributed by atoms with Gasteiger partial charge in [-0.15, -0.1) is 11.3 Å². The van der Waals surface area contributed by atoms with Crippen LogP contribution >= 0.6 is 11.3 Å². The standard InChI is InChI=1S/C14H16OS/c1-10-6-4-5-7-12(10)14(3,15)13-11(2)8-9-16-13/h4-9,15H,1-3H3. The summed E-state index contributed by atoms with van der Waals surface area (Å²) in [4.78, 5) is 1.03. The van der Waals surface area contributed by atoms with E-state index in [9.17, 15) is 5.11 Å². The molecule has 0 aliphatic rings. The average molecular weight is 232 g/mol. The average Bonchev–Trinajstić information content (AvgIpc) is 2.65. The largest absolute Gasteiger partial charge is 0.380 e. The highest BCUT2D eigenvalue weighted by Crippen LogP contribution is 2.36. The lowest BCUT2D eigenvalue weighted by atomic mass is 9.89. The van der Waals surface area contributed by atoms with Crippen LogP contribution in [0.2, 0.25) is 0 Å². The maximum atomic E-state index is 10.7. The Labute approximate surface area is 100 Å². The van der Waals surface area contributed by atoms with Gasteiger partial charge in [-0.2, -0.15) is 0 Å². The fourth-order valence-corrected chi connectivity index (χ4v) is 3.11. The Morgan fingerprint density at radius 3 is 2.31 bits per heavy atom. The summed E-state index contributed by atoms with van der Waals surface area (Å²) in [5, 5.41) is 12.7. The maximum Gasteiger partial charge on any atom is 0.121 e. The molecule has 1 atom stereocenters. The first-order chi connectivity index (χ1) is 7.53. The zero-order valence-corrected chi connectivity index (χ0v) is 10.6. The van der Waals surface area contributed by atoms with E-state index >= 15 is 0 Å². The van der Waals surface area contributed by atoms with Crippen LogP contribution in [0.5, 0.6) is 0 Å². The lowest BCUT2D eigenvalue weighted by molar-refractivity contribution is 0.105. The highest BCUT2D eigenvalue weighted by atomic mass is 32.1. The summed E-state index contributed by atoms with van der Waals surface area (Å²) in [6, 6.07) is 10.0. The molecule has 1 aromatic carbocycles. The number of hydrogen-bond acceptors (Lipinski definition) is 2. The third kappa shape index (κ3) is 1.79. The minimum absolute atomic E-state index is 0.885. The Balaban J connectivity index is 2.55. The summed E-state index contributed by atoms with van der Waals surface area (Å²) in [5.41, 5.74) is 2.38. The van der Waals surface area contributed by atoms with Crippen molar-refractivity contribution in [2.75, 3.05) is 0 Å². The van der Waals surface area contributed by atoms with Crippen molar-refractivity contribution in [3.05, 3.63) is 57.3 Å². The van der Waals surface area contributed by atoms with Crippen LogP contribution in [-0.2, 0) is 5.60 Å². The Hall–Kier alpha value is -1.12. The molecule has 1 nitrogen and oxygen atoms in total. The molecule has 0 bridgehead atoms. The quantitative estimate of drug-likeness (QED) is 0.838. The van der Waals surface area contributed by atoms with Crippen LogP contribution < -0.4 is 0 Å². The van der Waals surface area contributed by atoms with Crippen LogP contribution in [0.1, 0.15) is 28.5 Å². The summed E-state index contributed by atoms with van der Waals surface area (Å²) >= 11 is 1.61. The van der Waals surface area contributed by atoms with Gasteiger partial charge in [0.15, 0.2) is 0 Å². The molecule has 0 saturated heterocycles. The first-order valence-corrected chi connectivity index (χ1v) is 6.24. The zero-order valence-electron chi connectivity index (χ0n) is 9.82. The van der Waals surface area contributed by atoms with Gasteiger partial charge in [0.05, 0.1) is 0 Å². The van der Waals surface area contributed by atoms with Gasteiger partial charge < -0.3 is 5.11 Å². The molecule has 0 aliphatic carbocycles. The van der Waals surface area contributed by atoms with Crippen LogP contribution in [0, 0.1) is 13.8 Å². The van der Waals surface area contributed by atoms with Crippen LogP contribution in [0.15, 0.2) is 35.7 Å². The number of aliphatic hydroxyl groups is 1. The van der Waals surface area contributed by atoms with E-state index in [1.165, 1.54) is 0 Å².